The maximum atomic E-state index is 16.9. The maximum Gasteiger partial charge on any atom is 0.329 e. The number of ether oxygens (including phenoxy) is 5. The van der Waals surface area contributed by atoms with Crippen molar-refractivity contribution in [2.45, 2.75) is 49.5 Å². The number of esters is 2. The Bertz CT molecular complexity index is 3210. The Labute approximate surface area is 446 Å². The van der Waals surface area contributed by atoms with Gasteiger partial charge in [-0.1, -0.05) is 98.5 Å². The number of nitrogens with zero attached hydrogens (tertiary/aromatic N) is 3. The molecule has 4 amide bonds. The molecule has 3 saturated heterocycles. The average Bonchev–Trinajstić information content (AvgIpc) is 3.20. The Hall–Kier alpha value is -8.49. The summed E-state index contributed by atoms with van der Waals surface area (Å²) < 4.78 is 28.8. The van der Waals surface area contributed by atoms with Crippen LogP contribution >= 0.6 is 0 Å². The Morgan fingerprint density at radius 1 is 0.753 bits per heavy atom. The van der Waals surface area contributed by atoms with Gasteiger partial charge < -0.3 is 44.3 Å². The summed E-state index contributed by atoms with van der Waals surface area (Å²) in [4.78, 5) is 82.5. The van der Waals surface area contributed by atoms with Crippen molar-refractivity contribution in [2.24, 2.45) is 11.8 Å². The van der Waals surface area contributed by atoms with Gasteiger partial charge in [0, 0.05) is 35.6 Å². The second kappa shape index (κ2) is 22.4. The van der Waals surface area contributed by atoms with Gasteiger partial charge in [0.15, 0.2) is 0 Å². The fourth-order valence-electron chi connectivity index (χ4n) is 11.4. The number of urea groups is 1. The van der Waals surface area contributed by atoms with Crippen LogP contribution in [0, 0.1) is 23.7 Å². The van der Waals surface area contributed by atoms with Gasteiger partial charge in [0.05, 0.1) is 57.7 Å². The van der Waals surface area contributed by atoms with Gasteiger partial charge in [-0.25, -0.2) is 14.5 Å². The van der Waals surface area contributed by atoms with Crippen molar-refractivity contribution in [2.75, 3.05) is 68.9 Å². The van der Waals surface area contributed by atoms with Gasteiger partial charge in [-0.15, -0.1) is 0 Å². The zero-order chi connectivity index (χ0) is 53.8. The number of benzene rings is 6. The highest BCUT2D eigenvalue weighted by molar-refractivity contribution is 6.25. The fourth-order valence-corrected chi connectivity index (χ4v) is 11.4. The lowest BCUT2D eigenvalue weighted by Crippen LogP contribution is -2.57. The van der Waals surface area contributed by atoms with E-state index in [9.17, 15) is 9.90 Å². The van der Waals surface area contributed by atoms with Gasteiger partial charge in [-0.3, -0.25) is 19.3 Å². The van der Waals surface area contributed by atoms with E-state index < -0.39 is 77.3 Å². The number of fused-ring (bicyclic) bond motifs is 3. The topological polar surface area (TPSA) is 186 Å². The van der Waals surface area contributed by atoms with Crippen LogP contribution in [-0.4, -0.2) is 106 Å². The zero-order valence-electron chi connectivity index (χ0n) is 43.1. The Balaban J connectivity index is 1.25. The number of cyclic esters (lactones) is 1. The van der Waals surface area contributed by atoms with E-state index in [1.807, 2.05) is 89.8 Å². The van der Waals surface area contributed by atoms with E-state index in [0.717, 1.165) is 10.6 Å². The molecule has 16 nitrogen and oxygen atoms in total. The predicted molar refractivity (Wildman–Crippen MR) is 287 cm³/mol. The van der Waals surface area contributed by atoms with Crippen molar-refractivity contribution < 1.29 is 52.8 Å². The van der Waals surface area contributed by atoms with Crippen LogP contribution in [0.25, 0.3) is 0 Å². The lowest BCUT2D eigenvalue weighted by Gasteiger charge is -2.46. The van der Waals surface area contributed by atoms with Crippen LogP contribution in [0.15, 0.2) is 152 Å². The highest BCUT2D eigenvalue weighted by Gasteiger charge is 2.75. The lowest BCUT2D eigenvalue weighted by atomic mass is 9.65. The molecule has 4 aliphatic rings. The van der Waals surface area contributed by atoms with Gasteiger partial charge in [0.25, 0.3) is 0 Å². The van der Waals surface area contributed by atoms with E-state index in [1.54, 1.807) is 87.7 Å². The predicted octanol–water partition coefficient (Wildman–Crippen LogP) is 7.51. The normalized spacial score (nSPS) is 22.0. The molecule has 6 aromatic carbocycles. The summed E-state index contributed by atoms with van der Waals surface area (Å²) in [7, 11) is 2.79. The number of methoxy groups -OCH3 is 2. The second-order valence-electron chi connectivity index (χ2n) is 19.6. The van der Waals surface area contributed by atoms with Crippen molar-refractivity contribution in [1.29, 1.82) is 0 Å². The number of anilines is 3. The molecule has 7 unspecified atom stereocenters. The number of carbonyl (C=O) groups is 5. The summed E-state index contributed by atoms with van der Waals surface area (Å²) >= 11 is 0. The number of hydrogen-bond acceptors (Lipinski definition) is 13. The van der Waals surface area contributed by atoms with Gasteiger partial charge in [0.1, 0.15) is 41.7 Å². The van der Waals surface area contributed by atoms with E-state index in [4.69, 9.17) is 23.7 Å². The first kappa shape index (κ1) is 52.0. The molecule has 10 rings (SSSR count). The van der Waals surface area contributed by atoms with Crippen LogP contribution in [0.4, 0.5) is 21.9 Å². The molecule has 0 radical (unpaired) electrons. The minimum absolute atomic E-state index is 0.0564. The number of amides is 4. The highest BCUT2D eigenvalue weighted by atomic mass is 16.6. The lowest BCUT2D eigenvalue weighted by molar-refractivity contribution is -0.177. The fraction of sp³-hybridized carbons (Fsp3) is 0.295. The third kappa shape index (κ3) is 9.85. The van der Waals surface area contributed by atoms with Gasteiger partial charge in [-0.05, 0) is 107 Å². The van der Waals surface area contributed by atoms with Crippen molar-refractivity contribution in [3.63, 3.8) is 0 Å². The van der Waals surface area contributed by atoms with E-state index in [2.05, 4.69) is 27.4 Å². The van der Waals surface area contributed by atoms with Gasteiger partial charge >= 0.3 is 18.0 Å². The third-order valence-electron chi connectivity index (χ3n) is 14.8. The molecule has 6 aromatic rings. The van der Waals surface area contributed by atoms with Crippen molar-refractivity contribution in [3.8, 4) is 23.3 Å². The van der Waals surface area contributed by atoms with Crippen LogP contribution < -0.4 is 29.9 Å². The Morgan fingerprint density at radius 2 is 1.42 bits per heavy atom. The molecule has 7 atom stereocenters. The largest absolute Gasteiger partial charge is 0.497 e. The number of aliphatic hydroxyl groups is 1. The molecular weight excluding hydrogens is 979 g/mol. The Kier molecular flexibility index (Phi) is 15.1. The van der Waals surface area contributed by atoms with Crippen LogP contribution in [0.1, 0.15) is 65.4 Å². The minimum atomic E-state index is -2.17. The second-order valence-corrected chi connectivity index (χ2v) is 19.6. The molecule has 0 bridgehead atoms. The molecule has 4 aliphatic heterocycles. The molecular formula is C61H59N5O11. The number of nitrogens with one attached hydrogen (secondary N) is 2. The van der Waals surface area contributed by atoms with E-state index in [-0.39, 0.29) is 24.5 Å². The van der Waals surface area contributed by atoms with Crippen molar-refractivity contribution in [3.05, 3.63) is 185 Å². The zero-order valence-corrected chi connectivity index (χ0v) is 43.1. The summed E-state index contributed by atoms with van der Waals surface area (Å²) in [6.07, 6.45) is -0.978. The van der Waals surface area contributed by atoms with E-state index >= 15 is 19.2 Å². The van der Waals surface area contributed by atoms with Gasteiger partial charge in [0.2, 0.25) is 11.8 Å². The quantitative estimate of drug-likeness (QED) is 0.0763. The standard InChI is InChI=1S/C61H59N5O11/c1-38(2)51(57(69)74-4)63-60(72)65-49-29-22-40(19-18-39-20-27-46(73-3)28-21-39)36-48(49)61(59(65)71)50(56(68)62-44-23-25-45(26-24-44)64-30-33-75-34-31-64)53-58(70)77-54(42-14-9-6-10-15-42)52(41-12-7-5-8-13-41)66(53)55(61)43-16-11-17-47(37-43)76-35-32-67/h5-17,20-29,36-38,50-55,67H,30-35H2,1-4H3,(H,62,68)(H,63,72). The van der Waals surface area contributed by atoms with Crippen LogP contribution in [0.5, 0.6) is 11.5 Å². The van der Waals surface area contributed by atoms with E-state index in [1.165, 1.54) is 7.11 Å². The minimum Gasteiger partial charge on any atom is -0.497 e. The summed E-state index contributed by atoms with van der Waals surface area (Å²) in [6, 6.07) is 39.5. The molecule has 0 aromatic heterocycles. The van der Waals surface area contributed by atoms with Crippen molar-refractivity contribution in [1.82, 2.24) is 10.2 Å². The monoisotopic (exact) mass is 1040 g/mol. The molecule has 4 heterocycles. The molecule has 1 spiro atoms. The van der Waals surface area contributed by atoms with Crippen LogP contribution in [-0.2, 0) is 38.8 Å². The molecule has 3 fully saturated rings. The van der Waals surface area contributed by atoms with Gasteiger partial charge in [-0.2, -0.15) is 0 Å². The first-order valence-electron chi connectivity index (χ1n) is 25.6. The SMILES string of the molecule is COC(=O)C(NC(=O)N1C(=O)C2(c3cc(C#Cc4ccc(OC)cc4)ccc31)C(C(=O)Nc1ccc(N3CCOCC3)cc1)C1C(=O)OC(c3ccccc3)C(c3ccccc3)N1C2c1cccc(OCCO)c1)C(C)C. The number of morpholine rings is 2. The molecule has 3 N–H and O–H groups in total. The highest BCUT2D eigenvalue weighted by Crippen LogP contribution is 2.66. The summed E-state index contributed by atoms with van der Waals surface area (Å²) in [6.45, 7) is 5.64. The number of carbonyl (C=O) groups excluding carboxylic acids is 5. The first-order valence-corrected chi connectivity index (χ1v) is 25.6. The molecule has 77 heavy (non-hydrogen) atoms. The number of imide groups is 1. The summed E-state index contributed by atoms with van der Waals surface area (Å²) in [5.41, 5.74) is 2.37. The number of aliphatic hydroxyl groups excluding tert-OH is 1. The van der Waals surface area contributed by atoms with Crippen LogP contribution in [0.3, 0.4) is 0 Å². The molecule has 0 aliphatic carbocycles. The smallest absolute Gasteiger partial charge is 0.329 e. The molecule has 16 heteroatoms. The number of rotatable bonds is 13. The average molecular weight is 1040 g/mol. The molecule has 0 saturated carbocycles. The first-order chi connectivity index (χ1) is 37.5. The Morgan fingerprint density at radius 3 is 2.08 bits per heavy atom. The molecule has 394 valence electrons. The maximum absolute atomic E-state index is 16.9. The van der Waals surface area contributed by atoms with E-state index in [0.29, 0.717) is 71.3 Å². The summed E-state index contributed by atoms with van der Waals surface area (Å²) in [5, 5.41) is 15.8. The number of hydrogen-bond donors (Lipinski definition) is 3. The van der Waals surface area contributed by atoms with Crippen LogP contribution in [0.2, 0.25) is 0 Å². The summed E-state index contributed by atoms with van der Waals surface area (Å²) in [5.74, 6) is 2.27. The van der Waals surface area contributed by atoms with Crippen molar-refractivity contribution >= 4 is 46.8 Å². The third-order valence-corrected chi connectivity index (χ3v) is 14.8.